The predicted octanol–water partition coefficient (Wildman–Crippen LogP) is 4.50. The Balaban J connectivity index is 2.00. The number of hydrogen-bond donors (Lipinski definition) is 2. The van der Waals surface area contributed by atoms with E-state index in [-0.39, 0.29) is 12.5 Å². The zero-order chi connectivity index (χ0) is 18.2. The van der Waals surface area contributed by atoms with Gasteiger partial charge in [-0.2, -0.15) is 0 Å². The molecule has 0 saturated carbocycles. The highest BCUT2D eigenvalue weighted by atomic mass is 35.5. The molecule has 25 heavy (non-hydrogen) atoms. The second kappa shape index (κ2) is 9.18. The lowest BCUT2D eigenvalue weighted by Gasteiger charge is -2.14. The fraction of sp³-hybridized carbons (Fsp3) is 0.316. The van der Waals surface area contributed by atoms with Crippen molar-refractivity contribution in [2.45, 2.75) is 20.8 Å². The van der Waals surface area contributed by atoms with Crippen molar-refractivity contribution < 1.29 is 14.3 Å². The van der Waals surface area contributed by atoms with Crippen molar-refractivity contribution in [3.63, 3.8) is 0 Å². The maximum absolute atomic E-state index is 12.2. The van der Waals surface area contributed by atoms with Crippen LogP contribution in [0.25, 0.3) is 0 Å². The number of ether oxygens (including phenoxy) is 2. The highest BCUT2D eigenvalue weighted by Gasteiger charge is 2.09. The summed E-state index contributed by atoms with van der Waals surface area (Å²) in [5.74, 6) is 1.11. The van der Waals surface area contributed by atoms with Gasteiger partial charge in [0.2, 0.25) is 5.91 Å². The van der Waals surface area contributed by atoms with Gasteiger partial charge in [0.15, 0.2) is 11.5 Å². The summed E-state index contributed by atoms with van der Waals surface area (Å²) >= 11 is 5.98. The van der Waals surface area contributed by atoms with Gasteiger partial charge in [-0.15, -0.1) is 0 Å². The Morgan fingerprint density at radius 1 is 1.04 bits per heavy atom. The molecule has 2 N–H and O–H groups in total. The summed E-state index contributed by atoms with van der Waals surface area (Å²) in [5, 5.41) is 6.56. The summed E-state index contributed by atoms with van der Waals surface area (Å²) in [4.78, 5) is 12.2. The molecule has 0 heterocycles. The van der Waals surface area contributed by atoms with Crippen molar-refractivity contribution in [3.8, 4) is 11.5 Å². The molecule has 6 heteroatoms. The maximum Gasteiger partial charge on any atom is 0.243 e. The number of hydrogen-bond acceptors (Lipinski definition) is 4. The molecule has 5 nitrogen and oxygen atoms in total. The standard InChI is InChI=1S/C19H23ClN2O3/c1-4-24-17-9-8-15(11-18(17)25-5-2)22-19(23)12-21-16-10-14(20)7-6-13(16)3/h6-11,21H,4-5,12H2,1-3H3,(H,22,23). The van der Waals surface area contributed by atoms with Gasteiger partial charge in [-0.25, -0.2) is 0 Å². The number of rotatable bonds is 8. The lowest BCUT2D eigenvalue weighted by atomic mass is 10.2. The van der Waals surface area contributed by atoms with Crippen LogP contribution in [0.2, 0.25) is 5.02 Å². The lowest BCUT2D eigenvalue weighted by Crippen LogP contribution is -2.22. The van der Waals surface area contributed by atoms with E-state index in [0.717, 1.165) is 11.3 Å². The van der Waals surface area contributed by atoms with Crippen molar-refractivity contribution in [1.29, 1.82) is 0 Å². The molecule has 0 spiro atoms. The lowest BCUT2D eigenvalue weighted by molar-refractivity contribution is -0.114. The molecule has 2 aromatic carbocycles. The minimum atomic E-state index is -0.161. The number of anilines is 2. The molecular formula is C19H23ClN2O3. The molecule has 0 aromatic heterocycles. The first-order valence-corrected chi connectivity index (χ1v) is 8.60. The van der Waals surface area contributed by atoms with E-state index in [1.54, 1.807) is 24.3 Å². The first kappa shape index (κ1) is 18.9. The number of carbonyl (C=O) groups is 1. The third-order valence-corrected chi connectivity index (χ3v) is 3.70. The van der Waals surface area contributed by atoms with Crippen molar-refractivity contribution in [3.05, 3.63) is 47.0 Å². The third kappa shape index (κ3) is 5.57. The molecule has 0 aliphatic carbocycles. The highest BCUT2D eigenvalue weighted by molar-refractivity contribution is 6.30. The minimum absolute atomic E-state index is 0.137. The molecule has 0 atom stereocenters. The molecule has 0 unspecified atom stereocenters. The number of halogens is 1. The molecule has 0 aliphatic rings. The van der Waals surface area contributed by atoms with E-state index >= 15 is 0 Å². The Kier molecular flexibility index (Phi) is 6.95. The second-order valence-corrected chi connectivity index (χ2v) is 5.82. The van der Waals surface area contributed by atoms with E-state index in [2.05, 4.69) is 10.6 Å². The van der Waals surface area contributed by atoms with Crippen molar-refractivity contribution >= 4 is 28.9 Å². The molecule has 134 valence electrons. The van der Waals surface area contributed by atoms with Crippen LogP contribution >= 0.6 is 11.6 Å². The molecule has 0 bridgehead atoms. The fourth-order valence-corrected chi connectivity index (χ4v) is 2.47. The van der Waals surface area contributed by atoms with Crippen LogP contribution in [0.3, 0.4) is 0 Å². The molecule has 2 rings (SSSR count). The van der Waals surface area contributed by atoms with E-state index in [1.165, 1.54) is 0 Å². The Hall–Kier alpha value is -2.40. The van der Waals surface area contributed by atoms with Crippen LogP contribution < -0.4 is 20.1 Å². The average molecular weight is 363 g/mol. The number of carbonyl (C=O) groups excluding carboxylic acids is 1. The molecular weight excluding hydrogens is 340 g/mol. The van der Waals surface area contributed by atoms with E-state index in [4.69, 9.17) is 21.1 Å². The van der Waals surface area contributed by atoms with Gasteiger partial charge < -0.3 is 20.1 Å². The quantitative estimate of drug-likeness (QED) is 0.726. The Labute approximate surface area is 153 Å². The zero-order valence-electron chi connectivity index (χ0n) is 14.7. The minimum Gasteiger partial charge on any atom is -0.490 e. The third-order valence-electron chi connectivity index (χ3n) is 3.47. The van der Waals surface area contributed by atoms with Gasteiger partial charge in [0.25, 0.3) is 0 Å². The molecule has 0 aliphatic heterocycles. The van der Waals surface area contributed by atoms with Gasteiger partial charge in [-0.1, -0.05) is 17.7 Å². The Morgan fingerprint density at radius 2 is 1.76 bits per heavy atom. The van der Waals surface area contributed by atoms with Crippen LogP contribution in [-0.2, 0) is 4.79 Å². The fourth-order valence-electron chi connectivity index (χ4n) is 2.29. The van der Waals surface area contributed by atoms with E-state index < -0.39 is 0 Å². The van der Waals surface area contributed by atoms with Crippen LogP contribution in [-0.4, -0.2) is 25.7 Å². The van der Waals surface area contributed by atoms with E-state index in [9.17, 15) is 4.79 Å². The van der Waals surface area contributed by atoms with Gasteiger partial charge in [-0.3, -0.25) is 4.79 Å². The van der Waals surface area contributed by atoms with Crippen LogP contribution in [0.5, 0.6) is 11.5 Å². The monoisotopic (exact) mass is 362 g/mol. The van der Waals surface area contributed by atoms with Gasteiger partial charge in [0.05, 0.1) is 19.8 Å². The van der Waals surface area contributed by atoms with Gasteiger partial charge >= 0.3 is 0 Å². The summed E-state index contributed by atoms with van der Waals surface area (Å²) in [5.41, 5.74) is 2.52. The van der Waals surface area contributed by atoms with Crippen LogP contribution in [0.1, 0.15) is 19.4 Å². The van der Waals surface area contributed by atoms with Crippen LogP contribution in [0, 0.1) is 6.92 Å². The second-order valence-electron chi connectivity index (χ2n) is 5.39. The maximum atomic E-state index is 12.2. The highest BCUT2D eigenvalue weighted by Crippen LogP contribution is 2.30. The summed E-state index contributed by atoms with van der Waals surface area (Å²) in [6, 6.07) is 10.9. The molecule has 1 amide bonds. The number of benzene rings is 2. The van der Waals surface area contributed by atoms with Crippen molar-refractivity contribution in [2.24, 2.45) is 0 Å². The molecule has 0 saturated heterocycles. The van der Waals surface area contributed by atoms with Crippen molar-refractivity contribution in [2.75, 3.05) is 30.4 Å². The van der Waals surface area contributed by atoms with Gasteiger partial charge in [0, 0.05) is 22.5 Å². The summed E-state index contributed by atoms with van der Waals surface area (Å²) in [7, 11) is 0. The van der Waals surface area contributed by atoms with Gasteiger partial charge in [0.1, 0.15) is 0 Å². The van der Waals surface area contributed by atoms with Gasteiger partial charge in [-0.05, 0) is 50.6 Å². The summed E-state index contributed by atoms with van der Waals surface area (Å²) < 4.78 is 11.1. The zero-order valence-corrected chi connectivity index (χ0v) is 15.4. The van der Waals surface area contributed by atoms with E-state index in [0.29, 0.717) is 35.4 Å². The summed E-state index contributed by atoms with van der Waals surface area (Å²) in [6.45, 7) is 6.98. The Morgan fingerprint density at radius 3 is 2.48 bits per heavy atom. The average Bonchev–Trinajstić information content (AvgIpc) is 2.58. The van der Waals surface area contributed by atoms with Crippen LogP contribution in [0.4, 0.5) is 11.4 Å². The number of amides is 1. The molecule has 0 radical (unpaired) electrons. The smallest absolute Gasteiger partial charge is 0.243 e. The van der Waals surface area contributed by atoms with Crippen LogP contribution in [0.15, 0.2) is 36.4 Å². The normalized spacial score (nSPS) is 10.2. The van der Waals surface area contributed by atoms with Crippen molar-refractivity contribution in [1.82, 2.24) is 0 Å². The topological polar surface area (TPSA) is 59.6 Å². The first-order chi connectivity index (χ1) is 12.0. The molecule has 2 aromatic rings. The number of nitrogens with one attached hydrogen (secondary N) is 2. The predicted molar refractivity (Wildman–Crippen MR) is 102 cm³/mol. The number of aryl methyl sites for hydroxylation is 1. The largest absolute Gasteiger partial charge is 0.490 e. The summed E-state index contributed by atoms with van der Waals surface area (Å²) in [6.07, 6.45) is 0. The van der Waals surface area contributed by atoms with E-state index in [1.807, 2.05) is 32.9 Å². The molecule has 0 fully saturated rings. The SMILES string of the molecule is CCOc1ccc(NC(=O)CNc2cc(Cl)ccc2C)cc1OCC. The first-order valence-electron chi connectivity index (χ1n) is 8.23. The Bertz CT molecular complexity index is 735.